The van der Waals surface area contributed by atoms with Gasteiger partial charge in [-0.25, -0.2) is 0 Å². The molecule has 0 spiro atoms. The summed E-state index contributed by atoms with van der Waals surface area (Å²) in [7, 11) is -9.45. The standard InChI is InChI=1S/C9H6F6.C7H7F5S.C5H6F6/c1-5-2-6(8(10,11)12)4-7(3-5)9(13,14)15;1-6-2-4-7(5-3-6)13(8,9,10,11)12;1-3(2,4(6,7)8)5(9,10)11/h2-4H,1H3;2-5H,1H3;1-2H3. The highest BCUT2D eigenvalue weighted by Crippen LogP contribution is 3.02. The molecule has 0 aliphatic heterocycles. The van der Waals surface area contributed by atoms with Gasteiger partial charge in [0.25, 0.3) is 0 Å². The molecule has 39 heavy (non-hydrogen) atoms. The summed E-state index contributed by atoms with van der Waals surface area (Å²) >= 11 is 0. The second-order valence-corrected chi connectivity index (χ2v) is 10.9. The number of hydrogen-bond acceptors (Lipinski definition) is 0. The Morgan fingerprint density at radius 3 is 1.00 bits per heavy atom. The van der Waals surface area contributed by atoms with Crippen LogP contribution in [0.15, 0.2) is 47.4 Å². The lowest BCUT2D eigenvalue weighted by Crippen LogP contribution is -2.44. The highest BCUT2D eigenvalue weighted by Gasteiger charge is 2.65. The number of halogens is 17. The molecule has 0 N–H and O–H groups in total. The average Bonchev–Trinajstić information content (AvgIpc) is 2.64. The second-order valence-electron chi connectivity index (χ2n) is 8.49. The molecule has 0 bridgehead atoms. The lowest BCUT2D eigenvalue weighted by atomic mass is 9.92. The molecule has 228 valence electrons. The summed E-state index contributed by atoms with van der Waals surface area (Å²) in [5.41, 5.74) is -5.76. The molecule has 0 saturated heterocycles. The van der Waals surface area contributed by atoms with Gasteiger partial charge in [0.05, 0.1) is 11.1 Å². The molecule has 0 fully saturated rings. The van der Waals surface area contributed by atoms with Gasteiger partial charge < -0.3 is 0 Å². The van der Waals surface area contributed by atoms with E-state index in [0.29, 0.717) is 29.8 Å². The zero-order valence-electron chi connectivity index (χ0n) is 19.9. The van der Waals surface area contributed by atoms with Gasteiger partial charge in [-0.15, -0.1) is 0 Å². The second kappa shape index (κ2) is 10.2. The molecule has 0 heterocycles. The summed E-state index contributed by atoms with van der Waals surface area (Å²) in [5.74, 6) is 0. The SMILES string of the molecule is CC(C)(C(F)(F)F)C(F)(F)F.Cc1cc(C(F)(F)F)cc(C(F)(F)F)c1.Cc1ccc(S(F)(F)(F)(F)F)cc1. The van der Waals surface area contributed by atoms with Crippen LogP contribution in [0.3, 0.4) is 0 Å². The van der Waals surface area contributed by atoms with Gasteiger partial charge in [-0.05, 0) is 63.6 Å². The highest BCUT2D eigenvalue weighted by atomic mass is 32.5. The van der Waals surface area contributed by atoms with Crippen LogP contribution in [0, 0.1) is 19.3 Å². The van der Waals surface area contributed by atoms with Gasteiger partial charge in [0.1, 0.15) is 4.90 Å². The molecule has 0 saturated carbocycles. The van der Waals surface area contributed by atoms with Gasteiger partial charge in [0.2, 0.25) is 0 Å². The third kappa shape index (κ3) is 11.3. The first-order valence-electron chi connectivity index (χ1n) is 9.80. The van der Waals surface area contributed by atoms with E-state index in [1.165, 1.54) is 13.8 Å². The van der Waals surface area contributed by atoms with Crippen molar-refractivity contribution in [3.8, 4) is 0 Å². The van der Waals surface area contributed by atoms with Crippen LogP contribution in [0.4, 0.5) is 72.1 Å². The van der Waals surface area contributed by atoms with Gasteiger partial charge in [0, 0.05) is 0 Å². The summed E-state index contributed by atoms with van der Waals surface area (Å²) in [4.78, 5) is -1.84. The fourth-order valence-corrected chi connectivity index (χ4v) is 2.72. The highest BCUT2D eigenvalue weighted by molar-refractivity contribution is 8.45. The molecule has 0 aliphatic rings. The van der Waals surface area contributed by atoms with Crippen LogP contribution in [0.25, 0.3) is 0 Å². The monoisotopic (exact) mass is 626 g/mol. The average molecular weight is 626 g/mol. The molecule has 2 rings (SSSR count). The minimum absolute atomic E-state index is 0.0721. The van der Waals surface area contributed by atoms with Crippen molar-refractivity contribution >= 4 is 10.2 Å². The molecule has 2 aromatic carbocycles. The van der Waals surface area contributed by atoms with E-state index in [2.05, 4.69) is 0 Å². The van der Waals surface area contributed by atoms with E-state index >= 15 is 0 Å². The number of alkyl halides is 12. The quantitative estimate of drug-likeness (QED) is 0.276. The topological polar surface area (TPSA) is 0 Å². The first-order chi connectivity index (χ1) is 16.6. The van der Waals surface area contributed by atoms with Gasteiger partial charge in [-0.2, -0.15) is 52.7 Å². The van der Waals surface area contributed by atoms with Crippen molar-refractivity contribution in [2.24, 2.45) is 5.41 Å². The van der Waals surface area contributed by atoms with Crippen molar-refractivity contribution in [3.63, 3.8) is 0 Å². The van der Waals surface area contributed by atoms with Crippen LogP contribution < -0.4 is 0 Å². The zero-order chi connectivity index (χ0) is 31.7. The van der Waals surface area contributed by atoms with Crippen LogP contribution in [-0.4, -0.2) is 12.4 Å². The smallest absolute Gasteiger partial charge is 0.170 e. The summed E-state index contributed by atoms with van der Waals surface area (Å²) in [6.45, 7) is 2.92. The maximum atomic E-state index is 12.2. The molecule has 0 nitrogen and oxygen atoms in total. The Balaban J connectivity index is 0.000000563. The van der Waals surface area contributed by atoms with Crippen molar-refractivity contribution in [1.82, 2.24) is 0 Å². The van der Waals surface area contributed by atoms with Gasteiger partial charge in [-0.3, -0.25) is 0 Å². The van der Waals surface area contributed by atoms with Gasteiger partial charge >= 0.3 is 34.9 Å². The van der Waals surface area contributed by atoms with E-state index in [4.69, 9.17) is 0 Å². The molecule has 0 aliphatic carbocycles. The molecule has 18 heteroatoms. The number of aryl methyl sites for hydroxylation is 2. The lowest BCUT2D eigenvalue weighted by molar-refractivity contribution is -0.327. The fraction of sp³-hybridized carbons (Fsp3) is 0.429. The summed E-state index contributed by atoms with van der Waals surface area (Å²) in [6, 6.07) is 4.27. The Morgan fingerprint density at radius 2 is 0.795 bits per heavy atom. The molecule has 0 radical (unpaired) electrons. The summed E-state index contributed by atoms with van der Waals surface area (Å²) < 4.78 is 203. The van der Waals surface area contributed by atoms with E-state index in [1.807, 2.05) is 0 Å². The third-order valence-electron chi connectivity index (χ3n) is 4.62. The predicted octanol–water partition coefficient (Wildman–Crippen LogP) is 11.8. The largest absolute Gasteiger partial charge is 0.416 e. The maximum absolute atomic E-state index is 12.2. The maximum Gasteiger partial charge on any atom is 0.416 e. The van der Waals surface area contributed by atoms with Crippen LogP contribution in [-0.2, 0) is 12.4 Å². The third-order valence-corrected chi connectivity index (χ3v) is 5.78. The normalized spacial score (nSPS) is 15.2. The van der Waals surface area contributed by atoms with Crippen molar-refractivity contribution in [3.05, 3.63) is 64.7 Å². The first kappa shape index (κ1) is 36.6. The Morgan fingerprint density at radius 1 is 0.487 bits per heavy atom. The Hall–Kier alpha value is -2.40. The van der Waals surface area contributed by atoms with Crippen LogP contribution in [0.5, 0.6) is 0 Å². The zero-order valence-corrected chi connectivity index (χ0v) is 20.7. The summed E-state index contributed by atoms with van der Waals surface area (Å²) in [6.07, 6.45) is -20.0. The van der Waals surface area contributed by atoms with Crippen molar-refractivity contribution in [2.75, 3.05) is 0 Å². The number of rotatable bonds is 1. The van der Waals surface area contributed by atoms with Crippen LogP contribution in [0.1, 0.15) is 36.1 Å². The van der Waals surface area contributed by atoms with Crippen LogP contribution >= 0.6 is 10.2 Å². The Labute approximate surface area is 210 Å². The molecule has 0 unspecified atom stereocenters. The van der Waals surface area contributed by atoms with E-state index in [-0.39, 0.29) is 25.5 Å². The molecule has 0 aromatic heterocycles. The number of benzene rings is 2. The minimum Gasteiger partial charge on any atom is -0.170 e. The van der Waals surface area contributed by atoms with E-state index < -0.39 is 56.4 Å². The van der Waals surface area contributed by atoms with E-state index in [1.54, 1.807) is 0 Å². The van der Waals surface area contributed by atoms with Crippen LogP contribution in [0.2, 0.25) is 0 Å². The Bertz CT molecular complexity index is 1050. The predicted molar refractivity (Wildman–Crippen MR) is 110 cm³/mol. The van der Waals surface area contributed by atoms with Crippen molar-refractivity contribution in [2.45, 2.75) is 57.3 Å². The molecule has 2 aromatic rings. The molecular weight excluding hydrogens is 607 g/mol. The fourth-order valence-electron chi connectivity index (χ4n) is 2.07. The minimum atomic E-state index is -9.45. The van der Waals surface area contributed by atoms with Gasteiger partial charge in [0.15, 0.2) is 5.41 Å². The Kier molecular flexibility index (Phi) is 9.58. The van der Waals surface area contributed by atoms with Gasteiger partial charge in [-0.1, -0.05) is 37.1 Å². The first-order valence-corrected chi connectivity index (χ1v) is 11.7. The molecular formula is C21H19F17S. The van der Waals surface area contributed by atoms with Crippen molar-refractivity contribution in [1.29, 1.82) is 0 Å². The summed E-state index contributed by atoms with van der Waals surface area (Å²) in [5, 5.41) is 0. The van der Waals surface area contributed by atoms with E-state index in [0.717, 1.165) is 12.1 Å². The van der Waals surface area contributed by atoms with Crippen molar-refractivity contribution < 1.29 is 72.1 Å². The molecule has 0 amide bonds. The molecule has 0 atom stereocenters. The van der Waals surface area contributed by atoms with E-state index in [9.17, 15) is 72.1 Å². The lowest BCUT2D eigenvalue weighted by Gasteiger charge is -2.40. The number of hydrogen-bond donors (Lipinski definition) is 0.